The van der Waals surface area contributed by atoms with Crippen molar-refractivity contribution in [3.63, 3.8) is 0 Å². The molecule has 2 rings (SSSR count). The van der Waals surface area contributed by atoms with Gasteiger partial charge in [-0.2, -0.15) is 0 Å². The monoisotopic (exact) mass is 253 g/mol. The Hall–Kier alpha value is -0.410. The van der Waals surface area contributed by atoms with E-state index in [0.717, 1.165) is 18.8 Å². The highest BCUT2D eigenvalue weighted by Gasteiger charge is 2.39. The molecular formula is C14H23NOS. The van der Waals surface area contributed by atoms with Crippen molar-refractivity contribution in [2.45, 2.75) is 58.0 Å². The molecule has 0 saturated heterocycles. The van der Waals surface area contributed by atoms with E-state index in [1.165, 1.54) is 22.7 Å². The second kappa shape index (κ2) is 5.07. The van der Waals surface area contributed by atoms with Crippen molar-refractivity contribution in [2.24, 2.45) is 5.92 Å². The summed E-state index contributed by atoms with van der Waals surface area (Å²) in [6, 6.07) is 0. The first-order chi connectivity index (χ1) is 8.07. The molecule has 3 heteroatoms. The fourth-order valence-electron chi connectivity index (χ4n) is 2.73. The lowest BCUT2D eigenvalue weighted by Gasteiger charge is -2.37. The smallest absolute Gasteiger partial charge is 0.125 e. The summed E-state index contributed by atoms with van der Waals surface area (Å²) in [7, 11) is 1.84. The molecule has 0 N–H and O–H groups in total. The Morgan fingerprint density at radius 3 is 2.82 bits per heavy atom. The van der Waals surface area contributed by atoms with E-state index in [4.69, 9.17) is 4.74 Å². The number of rotatable bonds is 3. The van der Waals surface area contributed by atoms with Crippen LogP contribution in [0.15, 0.2) is 6.20 Å². The molecule has 1 aliphatic rings. The molecule has 2 atom stereocenters. The van der Waals surface area contributed by atoms with Gasteiger partial charge in [-0.25, -0.2) is 4.98 Å². The summed E-state index contributed by atoms with van der Waals surface area (Å²) in [4.78, 5) is 6.00. The first kappa shape index (κ1) is 13.0. The summed E-state index contributed by atoms with van der Waals surface area (Å²) in [5.74, 6) is 1.31. The van der Waals surface area contributed by atoms with Crippen LogP contribution in [-0.4, -0.2) is 12.1 Å². The van der Waals surface area contributed by atoms with Crippen LogP contribution in [0.2, 0.25) is 0 Å². The Morgan fingerprint density at radius 2 is 2.29 bits per heavy atom. The van der Waals surface area contributed by atoms with Crippen molar-refractivity contribution in [1.29, 1.82) is 0 Å². The fraction of sp³-hybridized carbons (Fsp3) is 0.786. The second-order valence-corrected chi connectivity index (χ2v) is 6.68. The minimum atomic E-state index is -0.102. The summed E-state index contributed by atoms with van der Waals surface area (Å²) >= 11 is 1.84. The molecule has 2 nitrogen and oxygen atoms in total. The average Bonchev–Trinajstić information content (AvgIpc) is 2.78. The molecule has 1 aromatic rings. The quantitative estimate of drug-likeness (QED) is 0.800. The number of hydrogen-bond acceptors (Lipinski definition) is 3. The average molecular weight is 253 g/mol. The van der Waals surface area contributed by atoms with Crippen molar-refractivity contribution < 1.29 is 4.74 Å². The van der Waals surface area contributed by atoms with Crippen molar-refractivity contribution >= 4 is 11.3 Å². The molecule has 0 aliphatic heterocycles. The van der Waals surface area contributed by atoms with Gasteiger partial charge in [-0.3, -0.25) is 0 Å². The lowest BCUT2D eigenvalue weighted by Crippen LogP contribution is -2.34. The van der Waals surface area contributed by atoms with Gasteiger partial charge >= 0.3 is 0 Å². The van der Waals surface area contributed by atoms with E-state index in [-0.39, 0.29) is 5.60 Å². The summed E-state index contributed by atoms with van der Waals surface area (Å²) in [6.07, 6.45) is 6.86. The molecule has 1 fully saturated rings. The molecule has 1 aromatic heterocycles. The number of methoxy groups -OCH3 is 1. The summed E-state index contributed by atoms with van der Waals surface area (Å²) in [6.45, 7) is 6.77. The predicted molar refractivity (Wildman–Crippen MR) is 72.5 cm³/mol. The third-order valence-electron chi connectivity index (χ3n) is 3.83. The van der Waals surface area contributed by atoms with Crippen LogP contribution < -0.4 is 0 Å². The number of aromatic nitrogens is 1. The van der Waals surface area contributed by atoms with Crippen molar-refractivity contribution in [2.75, 3.05) is 7.11 Å². The standard InChI is InChI=1S/C14H23NOS/c1-10(2)12-9-15-13(17-12)14(16-4)7-5-6-11(3)8-14/h9-11H,5-8H2,1-4H3. The van der Waals surface area contributed by atoms with Crippen LogP contribution in [0.4, 0.5) is 0 Å². The van der Waals surface area contributed by atoms with Crippen LogP contribution in [0.3, 0.4) is 0 Å². The topological polar surface area (TPSA) is 22.1 Å². The molecule has 0 aromatic carbocycles. The molecule has 2 unspecified atom stereocenters. The van der Waals surface area contributed by atoms with Gasteiger partial charge in [0.2, 0.25) is 0 Å². The van der Waals surface area contributed by atoms with E-state index in [0.29, 0.717) is 5.92 Å². The van der Waals surface area contributed by atoms with Crippen LogP contribution in [0.1, 0.15) is 62.3 Å². The van der Waals surface area contributed by atoms with E-state index in [9.17, 15) is 0 Å². The van der Waals surface area contributed by atoms with Gasteiger partial charge in [-0.1, -0.05) is 27.2 Å². The molecule has 1 aliphatic carbocycles. The highest BCUT2D eigenvalue weighted by molar-refractivity contribution is 7.11. The van der Waals surface area contributed by atoms with Crippen molar-refractivity contribution in [3.8, 4) is 0 Å². The summed E-state index contributed by atoms with van der Waals surface area (Å²) < 4.78 is 5.88. The van der Waals surface area contributed by atoms with E-state index < -0.39 is 0 Å². The maximum atomic E-state index is 5.88. The van der Waals surface area contributed by atoms with Crippen molar-refractivity contribution in [3.05, 3.63) is 16.1 Å². The van der Waals surface area contributed by atoms with Gasteiger partial charge in [-0.15, -0.1) is 11.3 Å². The highest BCUT2D eigenvalue weighted by Crippen LogP contribution is 2.44. The number of thiazole rings is 1. The number of hydrogen-bond donors (Lipinski definition) is 0. The van der Waals surface area contributed by atoms with E-state index >= 15 is 0 Å². The Balaban J connectivity index is 2.26. The number of ether oxygens (including phenoxy) is 1. The van der Waals surface area contributed by atoms with Gasteiger partial charge in [0.1, 0.15) is 10.6 Å². The number of nitrogens with zero attached hydrogens (tertiary/aromatic N) is 1. The van der Waals surface area contributed by atoms with Gasteiger partial charge in [0.25, 0.3) is 0 Å². The Kier molecular flexibility index (Phi) is 3.88. The Labute approximate surface area is 108 Å². The Bertz CT molecular complexity index is 374. The van der Waals surface area contributed by atoms with Gasteiger partial charge in [0.05, 0.1) is 0 Å². The van der Waals surface area contributed by atoms with E-state index in [1.54, 1.807) is 0 Å². The lowest BCUT2D eigenvalue weighted by molar-refractivity contribution is -0.0580. The molecule has 1 heterocycles. The zero-order chi connectivity index (χ0) is 12.5. The third-order valence-corrected chi connectivity index (χ3v) is 5.31. The maximum Gasteiger partial charge on any atom is 0.125 e. The van der Waals surface area contributed by atoms with Gasteiger partial charge in [-0.05, 0) is 31.1 Å². The minimum Gasteiger partial charge on any atom is -0.371 e. The van der Waals surface area contributed by atoms with Crippen LogP contribution >= 0.6 is 11.3 Å². The van der Waals surface area contributed by atoms with Crippen LogP contribution in [0.25, 0.3) is 0 Å². The second-order valence-electron chi connectivity index (χ2n) is 5.62. The molecule has 17 heavy (non-hydrogen) atoms. The predicted octanol–water partition coefficient (Wildman–Crippen LogP) is 4.32. The van der Waals surface area contributed by atoms with Gasteiger partial charge in [0.15, 0.2) is 0 Å². The molecule has 0 radical (unpaired) electrons. The highest BCUT2D eigenvalue weighted by atomic mass is 32.1. The fourth-order valence-corrected chi connectivity index (χ4v) is 3.86. The van der Waals surface area contributed by atoms with Crippen LogP contribution in [0, 0.1) is 5.92 Å². The first-order valence-electron chi connectivity index (χ1n) is 6.59. The SMILES string of the molecule is COC1(c2ncc(C(C)C)s2)CCCC(C)C1. The molecule has 0 bridgehead atoms. The van der Waals surface area contributed by atoms with E-state index in [1.807, 2.05) is 24.6 Å². The first-order valence-corrected chi connectivity index (χ1v) is 7.40. The summed E-state index contributed by atoms with van der Waals surface area (Å²) in [5.41, 5.74) is -0.102. The summed E-state index contributed by atoms with van der Waals surface area (Å²) in [5, 5.41) is 1.19. The molecule has 0 spiro atoms. The van der Waals surface area contributed by atoms with Crippen LogP contribution in [0.5, 0.6) is 0 Å². The molecular weight excluding hydrogens is 230 g/mol. The van der Waals surface area contributed by atoms with E-state index in [2.05, 4.69) is 25.8 Å². The molecule has 1 saturated carbocycles. The van der Waals surface area contributed by atoms with Crippen LogP contribution in [-0.2, 0) is 10.3 Å². The minimum absolute atomic E-state index is 0.102. The maximum absolute atomic E-state index is 5.88. The van der Waals surface area contributed by atoms with Gasteiger partial charge in [0, 0.05) is 18.2 Å². The van der Waals surface area contributed by atoms with Crippen molar-refractivity contribution in [1.82, 2.24) is 4.98 Å². The third kappa shape index (κ3) is 2.55. The Morgan fingerprint density at radius 1 is 1.53 bits per heavy atom. The normalized spacial score (nSPS) is 29.8. The molecule has 96 valence electrons. The largest absolute Gasteiger partial charge is 0.371 e. The lowest BCUT2D eigenvalue weighted by atomic mass is 9.79. The molecule has 0 amide bonds. The van der Waals surface area contributed by atoms with Gasteiger partial charge < -0.3 is 4.74 Å². The zero-order valence-electron chi connectivity index (χ0n) is 11.3. The zero-order valence-corrected chi connectivity index (χ0v) is 12.1.